The number of ketones is 1. The molecule has 4 aromatic carbocycles. The van der Waals surface area contributed by atoms with Crippen molar-refractivity contribution in [2.24, 2.45) is 0 Å². The van der Waals surface area contributed by atoms with Gasteiger partial charge in [-0.25, -0.2) is 9.97 Å². The number of thioether (sulfide) groups is 1. The number of benzene rings is 4. The van der Waals surface area contributed by atoms with Crippen molar-refractivity contribution in [3.8, 4) is 5.75 Å². The van der Waals surface area contributed by atoms with Gasteiger partial charge in [0.25, 0.3) is 0 Å². The zero-order chi connectivity index (χ0) is 23.2. The number of ether oxygens (including phenoxy) is 1. The van der Waals surface area contributed by atoms with Gasteiger partial charge in [-0.2, -0.15) is 0 Å². The number of para-hydroxylation sites is 1. The second kappa shape index (κ2) is 10.3. The number of carbonyl (C=O) groups is 1. The standard InChI is InChI=1S/C29H22N2O2S/c32-28(17-14-22-8-5-7-21-6-1-2-9-25(21)22)23-12-15-24(16-13-23)33-18-19-34-29-26-10-3-4-11-27(26)30-20-31-29/h1-17,20H,18-19H2/b17-14+. The first-order chi connectivity index (χ1) is 16.8. The van der Waals surface area contributed by atoms with E-state index in [0.717, 1.165) is 43.8 Å². The third-order valence-corrected chi connectivity index (χ3v) is 6.44. The number of nitrogens with zero attached hydrogens (tertiary/aromatic N) is 2. The van der Waals surface area contributed by atoms with Crippen molar-refractivity contribution in [3.63, 3.8) is 0 Å². The average Bonchev–Trinajstić information content (AvgIpc) is 2.90. The molecule has 0 aliphatic heterocycles. The van der Waals surface area contributed by atoms with E-state index >= 15 is 0 Å². The van der Waals surface area contributed by atoms with Gasteiger partial charge in [-0.3, -0.25) is 4.79 Å². The molecule has 0 aliphatic rings. The fraction of sp³-hybridized carbons (Fsp3) is 0.0690. The average molecular weight is 463 g/mol. The highest BCUT2D eigenvalue weighted by atomic mass is 32.2. The highest BCUT2D eigenvalue weighted by Crippen LogP contribution is 2.24. The number of hydrogen-bond acceptors (Lipinski definition) is 5. The van der Waals surface area contributed by atoms with E-state index in [-0.39, 0.29) is 5.78 Å². The van der Waals surface area contributed by atoms with Gasteiger partial charge in [-0.1, -0.05) is 66.7 Å². The van der Waals surface area contributed by atoms with E-state index in [9.17, 15) is 4.79 Å². The molecular formula is C29H22N2O2S. The van der Waals surface area contributed by atoms with Crippen LogP contribution in [-0.2, 0) is 0 Å². The molecule has 0 N–H and O–H groups in total. The highest BCUT2D eigenvalue weighted by Gasteiger charge is 2.06. The van der Waals surface area contributed by atoms with E-state index in [4.69, 9.17) is 4.74 Å². The Morgan fingerprint density at radius 1 is 0.824 bits per heavy atom. The molecule has 0 radical (unpaired) electrons. The second-order valence-electron chi connectivity index (χ2n) is 7.68. The van der Waals surface area contributed by atoms with E-state index in [0.29, 0.717) is 12.2 Å². The molecule has 5 rings (SSSR count). The van der Waals surface area contributed by atoms with Crippen LogP contribution in [0.1, 0.15) is 15.9 Å². The maximum atomic E-state index is 12.6. The minimum Gasteiger partial charge on any atom is -0.493 e. The van der Waals surface area contributed by atoms with Crippen LogP contribution in [0, 0.1) is 0 Å². The third kappa shape index (κ3) is 5.00. The van der Waals surface area contributed by atoms with Gasteiger partial charge >= 0.3 is 0 Å². The third-order valence-electron chi connectivity index (χ3n) is 5.47. The molecule has 5 heteroatoms. The van der Waals surface area contributed by atoms with Gasteiger partial charge in [0.15, 0.2) is 5.78 Å². The molecule has 0 spiro atoms. The van der Waals surface area contributed by atoms with Crippen LogP contribution in [0.25, 0.3) is 27.8 Å². The van der Waals surface area contributed by atoms with Crippen LogP contribution in [-0.4, -0.2) is 28.1 Å². The van der Waals surface area contributed by atoms with Gasteiger partial charge in [-0.05, 0) is 52.7 Å². The molecule has 0 bridgehead atoms. The fourth-order valence-electron chi connectivity index (χ4n) is 3.77. The molecular weight excluding hydrogens is 440 g/mol. The molecule has 1 aromatic heterocycles. The molecule has 0 aliphatic carbocycles. The lowest BCUT2D eigenvalue weighted by molar-refractivity contribution is 0.104. The first-order valence-electron chi connectivity index (χ1n) is 11.0. The lowest BCUT2D eigenvalue weighted by atomic mass is 10.0. The van der Waals surface area contributed by atoms with E-state index in [1.165, 1.54) is 0 Å². The smallest absolute Gasteiger partial charge is 0.185 e. The first kappa shape index (κ1) is 21.9. The first-order valence-corrected chi connectivity index (χ1v) is 12.0. The van der Waals surface area contributed by atoms with Gasteiger partial charge in [0.05, 0.1) is 12.1 Å². The minimum absolute atomic E-state index is 0.0364. The van der Waals surface area contributed by atoms with Crippen LogP contribution in [0.4, 0.5) is 0 Å². The Morgan fingerprint density at radius 3 is 2.47 bits per heavy atom. The van der Waals surface area contributed by atoms with Crippen LogP contribution in [0.3, 0.4) is 0 Å². The largest absolute Gasteiger partial charge is 0.493 e. The number of aromatic nitrogens is 2. The molecule has 5 aromatic rings. The summed E-state index contributed by atoms with van der Waals surface area (Å²) in [5, 5.41) is 4.29. The summed E-state index contributed by atoms with van der Waals surface area (Å²) in [6, 6.07) is 29.5. The van der Waals surface area contributed by atoms with Gasteiger partial charge < -0.3 is 4.74 Å². The van der Waals surface area contributed by atoms with Crippen molar-refractivity contribution in [3.05, 3.63) is 115 Å². The van der Waals surface area contributed by atoms with E-state index in [2.05, 4.69) is 28.2 Å². The minimum atomic E-state index is -0.0364. The Balaban J connectivity index is 1.17. The maximum absolute atomic E-state index is 12.6. The van der Waals surface area contributed by atoms with Crippen LogP contribution < -0.4 is 4.74 Å². The molecule has 0 saturated carbocycles. The molecule has 34 heavy (non-hydrogen) atoms. The topological polar surface area (TPSA) is 52.1 Å². The van der Waals surface area contributed by atoms with Crippen molar-refractivity contribution >= 4 is 45.3 Å². The van der Waals surface area contributed by atoms with E-state index in [1.807, 2.05) is 66.7 Å². The quantitative estimate of drug-likeness (QED) is 0.0830. The van der Waals surface area contributed by atoms with Crippen LogP contribution in [0.2, 0.25) is 0 Å². The summed E-state index contributed by atoms with van der Waals surface area (Å²) in [5.74, 6) is 1.46. The van der Waals surface area contributed by atoms with E-state index < -0.39 is 0 Å². The molecule has 0 unspecified atom stereocenters. The summed E-state index contributed by atoms with van der Waals surface area (Å²) in [5.41, 5.74) is 2.60. The van der Waals surface area contributed by atoms with Crippen LogP contribution >= 0.6 is 11.8 Å². The monoisotopic (exact) mass is 462 g/mol. The fourth-order valence-corrected chi connectivity index (χ4v) is 4.58. The number of hydrogen-bond donors (Lipinski definition) is 0. The number of rotatable bonds is 8. The Morgan fingerprint density at radius 2 is 1.59 bits per heavy atom. The van der Waals surface area contributed by atoms with Crippen molar-refractivity contribution < 1.29 is 9.53 Å². The molecule has 166 valence electrons. The van der Waals surface area contributed by atoms with Gasteiger partial charge in [0, 0.05) is 16.7 Å². The lowest BCUT2D eigenvalue weighted by Crippen LogP contribution is -2.01. The normalized spacial score (nSPS) is 11.3. The van der Waals surface area contributed by atoms with Crippen molar-refractivity contribution in [1.82, 2.24) is 9.97 Å². The maximum Gasteiger partial charge on any atom is 0.185 e. The predicted molar refractivity (Wildman–Crippen MR) is 140 cm³/mol. The molecule has 1 heterocycles. The summed E-state index contributed by atoms with van der Waals surface area (Å²) < 4.78 is 5.86. The van der Waals surface area contributed by atoms with Crippen molar-refractivity contribution in [1.29, 1.82) is 0 Å². The van der Waals surface area contributed by atoms with Gasteiger partial charge in [-0.15, -0.1) is 11.8 Å². The lowest BCUT2D eigenvalue weighted by Gasteiger charge is -2.07. The van der Waals surface area contributed by atoms with Crippen LogP contribution in [0.15, 0.2) is 108 Å². The van der Waals surface area contributed by atoms with Crippen LogP contribution in [0.5, 0.6) is 5.75 Å². The van der Waals surface area contributed by atoms with Gasteiger partial charge in [0.2, 0.25) is 0 Å². The Labute approximate surface area is 202 Å². The van der Waals surface area contributed by atoms with Crippen molar-refractivity contribution in [2.75, 3.05) is 12.4 Å². The summed E-state index contributed by atoms with van der Waals surface area (Å²) in [7, 11) is 0. The molecule has 0 saturated heterocycles. The summed E-state index contributed by atoms with van der Waals surface area (Å²) in [6.07, 6.45) is 5.10. The second-order valence-corrected chi connectivity index (χ2v) is 8.77. The summed E-state index contributed by atoms with van der Waals surface area (Å²) >= 11 is 1.64. The molecule has 0 fully saturated rings. The highest BCUT2D eigenvalue weighted by molar-refractivity contribution is 7.99. The predicted octanol–water partition coefficient (Wildman–Crippen LogP) is 6.85. The van der Waals surface area contributed by atoms with E-state index in [1.54, 1.807) is 36.3 Å². The SMILES string of the molecule is O=C(/C=C/c1cccc2ccccc12)c1ccc(OCCSc2ncnc3ccccc23)cc1. The zero-order valence-electron chi connectivity index (χ0n) is 18.4. The molecule has 0 atom stereocenters. The zero-order valence-corrected chi connectivity index (χ0v) is 19.2. The van der Waals surface area contributed by atoms with Gasteiger partial charge in [0.1, 0.15) is 17.1 Å². The summed E-state index contributed by atoms with van der Waals surface area (Å²) in [6.45, 7) is 0.539. The Hall–Kier alpha value is -3.96. The molecule has 0 amide bonds. The number of carbonyl (C=O) groups excluding carboxylic acids is 1. The Bertz CT molecular complexity index is 1470. The molecule has 4 nitrogen and oxygen atoms in total. The Kier molecular flexibility index (Phi) is 6.64. The summed E-state index contributed by atoms with van der Waals surface area (Å²) in [4.78, 5) is 21.3. The van der Waals surface area contributed by atoms with Crippen molar-refractivity contribution in [2.45, 2.75) is 5.03 Å². The number of allylic oxidation sites excluding steroid dienone is 1. The number of fused-ring (bicyclic) bond motifs is 2.